The van der Waals surface area contributed by atoms with E-state index >= 15 is 0 Å². The van der Waals surface area contributed by atoms with Gasteiger partial charge in [0.2, 0.25) is 0 Å². The molecule has 0 aromatic rings. The molecule has 2 aliphatic rings. The minimum Gasteiger partial charge on any atom is -0.393 e. The Balaban J connectivity index is 1.94. The number of hydrogen-bond acceptors (Lipinski definition) is 2. The Morgan fingerprint density at radius 2 is 1.08 bits per heavy atom. The fourth-order valence-electron chi connectivity index (χ4n) is 2.84. The highest BCUT2D eigenvalue weighted by Crippen LogP contribution is 2.40. The first-order valence-corrected chi connectivity index (χ1v) is 5.12. The third-order valence-corrected chi connectivity index (χ3v) is 3.56. The molecule has 0 saturated heterocycles. The quantitative estimate of drug-likeness (QED) is 0.575. The van der Waals surface area contributed by atoms with E-state index in [-0.39, 0.29) is 12.2 Å². The van der Waals surface area contributed by atoms with Crippen molar-refractivity contribution in [3.63, 3.8) is 0 Å². The summed E-state index contributed by atoms with van der Waals surface area (Å²) in [5.74, 6) is 1.41. The van der Waals surface area contributed by atoms with E-state index in [4.69, 9.17) is 0 Å². The van der Waals surface area contributed by atoms with Crippen molar-refractivity contribution in [2.24, 2.45) is 11.8 Å². The molecule has 0 heterocycles. The van der Waals surface area contributed by atoms with Crippen LogP contribution in [-0.4, -0.2) is 22.4 Å². The predicted octanol–water partition coefficient (Wildman–Crippen LogP) is 1.31. The molecule has 2 aliphatic carbocycles. The molecule has 0 aromatic heterocycles. The van der Waals surface area contributed by atoms with Crippen LogP contribution in [0.25, 0.3) is 0 Å². The van der Waals surface area contributed by atoms with Gasteiger partial charge in [0.1, 0.15) is 0 Å². The summed E-state index contributed by atoms with van der Waals surface area (Å²) in [6, 6.07) is 0. The molecule has 2 rings (SSSR count). The Kier molecular flexibility index (Phi) is 2.37. The van der Waals surface area contributed by atoms with E-state index < -0.39 is 0 Å². The first kappa shape index (κ1) is 8.52. The van der Waals surface area contributed by atoms with Crippen LogP contribution >= 0.6 is 0 Å². The van der Waals surface area contributed by atoms with Crippen molar-refractivity contribution in [2.75, 3.05) is 0 Å². The second-order valence-corrected chi connectivity index (χ2v) is 4.45. The molecule has 0 aromatic carbocycles. The van der Waals surface area contributed by atoms with Gasteiger partial charge in [-0.25, -0.2) is 0 Å². The zero-order valence-electron chi connectivity index (χ0n) is 7.45. The lowest BCUT2D eigenvalue weighted by atomic mass is 9.69. The molecule has 2 fully saturated rings. The lowest BCUT2D eigenvalue weighted by Gasteiger charge is -2.39. The molecule has 4 unspecified atom stereocenters. The third kappa shape index (κ3) is 1.64. The molecule has 0 spiro atoms. The normalized spacial score (nSPS) is 48.5. The second-order valence-electron chi connectivity index (χ2n) is 4.45. The first-order chi connectivity index (χ1) is 5.75. The summed E-state index contributed by atoms with van der Waals surface area (Å²) in [4.78, 5) is 0. The molecule has 2 N–H and O–H groups in total. The molecule has 70 valence electrons. The molecule has 0 aliphatic heterocycles. The number of fused-ring (bicyclic) bond motifs is 1. The van der Waals surface area contributed by atoms with Crippen molar-refractivity contribution in [2.45, 2.75) is 50.7 Å². The van der Waals surface area contributed by atoms with Crippen LogP contribution in [0.2, 0.25) is 0 Å². The van der Waals surface area contributed by atoms with Crippen LogP contribution in [0.3, 0.4) is 0 Å². The summed E-state index contributed by atoms with van der Waals surface area (Å²) in [6.45, 7) is 0. The molecule has 2 nitrogen and oxygen atoms in total. The standard InChI is InChI=1S/C10H18O2/c11-9-3-1-7-5-10(12)4-2-8(7)6-9/h7-12H,1-6H2. The van der Waals surface area contributed by atoms with Gasteiger partial charge < -0.3 is 10.2 Å². The number of aliphatic hydroxyl groups excluding tert-OH is 2. The van der Waals surface area contributed by atoms with Gasteiger partial charge in [0.05, 0.1) is 12.2 Å². The van der Waals surface area contributed by atoms with Crippen molar-refractivity contribution in [3.05, 3.63) is 0 Å². The highest BCUT2D eigenvalue weighted by Gasteiger charge is 2.34. The van der Waals surface area contributed by atoms with Crippen LogP contribution in [0, 0.1) is 11.8 Å². The minimum absolute atomic E-state index is 0.0542. The molecule has 0 amide bonds. The number of aliphatic hydroxyl groups is 2. The SMILES string of the molecule is OC1CCC2CC(O)CCC2C1. The Morgan fingerprint density at radius 1 is 0.667 bits per heavy atom. The number of hydrogen-bond donors (Lipinski definition) is 2. The molecular formula is C10H18O2. The molecule has 0 bridgehead atoms. The van der Waals surface area contributed by atoms with Crippen molar-refractivity contribution in [3.8, 4) is 0 Å². The Hall–Kier alpha value is -0.0800. The van der Waals surface area contributed by atoms with Crippen LogP contribution in [0.5, 0.6) is 0 Å². The summed E-state index contributed by atoms with van der Waals surface area (Å²) >= 11 is 0. The van der Waals surface area contributed by atoms with Gasteiger partial charge in [-0.15, -0.1) is 0 Å². The molecule has 4 atom stereocenters. The third-order valence-electron chi connectivity index (χ3n) is 3.56. The van der Waals surface area contributed by atoms with Crippen molar-refractivity contribution < 1.29 is 10.2 Å². The smallest absolute Gasteiger partial charge is 0.0543 e. The fourth-order valence-corrected chi connectivity index (χ4v) is 2.84. The van der Waals surface area contributed by atoms with Gasteiger partial charge in [-0.3, -0.25) is 0 Å². The van der Waals surface area contributed by atoms with Crippen LogP contribution in [0.1, 0.15) is 38.5 Å². The highest BCUT2D eigenvalue weighted by molar-refractivity contribution is 4.85. The average molecular weight is 170 g/mol. The van der Waals surface area contributed by atoms with Gasteiger partial charge >= 0.3 is 0 Å². The molecule has 0 radical (unpaired) electrons. The Morgan fingerprint density at radius 3 is 1.50 bits per heavy atom. The lowest BCUT2D eigenvalue weighted by Crippen LogP contribution is -2.34. The maximum absolute atomic E-state index is 9.45. The predicted molar refractivity (Wildman–Crippen MR) is 46.7 cm³/mol. The molecular weight excluding hydrogens is 152 g/mol. The van der Waals surface area contributed by atoms with Crippen LogP contribution in [0.4, 0.5) is 0 Å². The summed E-state index contributed by atoms with van der Waals surface area (Å²) < 4.78 is 0. The number of rotatable bonds is 0. The lowest BCUT2D eigenvalue weighted by molar-refractivity contribution is 0.00480. The van der Waals surface area contributed by atoms with Crippen molar-refractivity contribution in [1.82, 2.24) is 0 Å². The topological polar surface area (TPSA) is 40.5 Å². The second kappa shape index (κ2) is 3.35. The van der Waals surface area contributed by atoms with E-state index in [1.807, 2.05) is 0 Å². The van der Waals surface area contributed by atoms with Crippen LogP contribution in [-0.2, 0) is 0 Å². The average Bonchev–Trinajstić information content (AvgIpc) is 2.05. The van der Waals surface area contributed by atoms with E-state index in [0.29, 0.717) is 11.8 Å². The molecule has 2 heteroatoms. The summed E-state index contributed by atoms with van der Waals surface area (Å²) in [5.41, 5.74) is 0. The van der Waals surface area contributed by atoms with E-state index in [9.17, 15) is 10.2 Å². The van der Waals surface area contributed by atoms with Crippen molar-refractivity contribution >= 4 is 0 Å². The molecule has 2 saturated carbocycles. The van der Waals surface area contributed by atoms with Gasteiger partial charge in [-0.2, -0.15) is 0 Å². The summed E-state index contributed by atoms with van der Waals surface area (Å²) in [6.07, 6.45) is 6.02. The van der Waals surface area contributed by atoms with E-state index in [0.717, 1.165) is 38.5 Å². The van der Waals surface area contributed by atoms with Gasteiger partial charge in [-0.05, 0) is 50.4 Å². The minimum atomic E-state index is -0.0542. The van der Waals surface area contributed by atoms with Crippen LogP contribution < -0.4 is 0 Å². The van der Waals surface area contributed by atoms with Gasteiger partial charge in [0, 0.05) is 0 Å². The highest BCUT2D eigenvalue weighted by atomic mass is 16.3. The van der Waals surface area contributed by atoms with Crippen LogP contribution in [0.15, 0.2) is 0 Å². The maximum atomic E-state index is 9.45. The van der Waals surface area contributed by atoms with E-state index in [1.165, 1.54) is 0 Å². The summed E-state index contributed by atoms with van der Waals surface area (Å²) in [5, 5.41) is 18.9. The zero-order valence-corrected chi connectivity index (χ0v) is 7.45. The Labute approximate surface area is 73.6 Å². The fraction of sp³-hybridized carbons (Fsp3) is 1.00. The summed E-state index contributed by atoms with van der Waals surface area (Å²) in [7, 11) is 0. The maximum Gasteiger partial charge on any atom is 0.0543 e. The molecule has 12 heavy (non-hydrogen) atoms. The van der Waals surface area contributed by atoms with Gasteiger partial charge in [0.15, 0.2) is 0 Å². The van der Waals surface area contributed by atoms with E-state index in [1.54, 1.807) is 0 Å². The van der Waals surface area contributed by atoms with Crippen molar-refractivity contribution in [1.29, 1.82) is 0 Å². The Bertz CT molecular complexity index is 140. The first-order valence-electron chi connectivity index (χ1n) is 5.12. The zero-order chi connectivity index (χ0) is 8.55. The monoisotopic (exact) mass is 170 g/mol. The van der Waals surface area contributed by atoms with E-state index in [2.05, 4.69) is 0 Å². The van der Waals surface area contributed by atoms with Gasteiger partial charge in [-0.1, -0.05) is 0 Å². The van der Waals surface area contributed by atoms with Gasteiger partial charge in [0.25, 0.3) is 0 Å². The largest absolute Gasteiger partial charge is 0.393 e.